The zero-order valence-corrected chi connectivity index (χ0v) is 15.7. The highest BCUT2D eigenvalue weighted by atomic mass is 16.6. The maximum atomic E-state index is 12.8. The molecule has 11 nitrogen and oxygen atoms in total. The Kier molecular flexibility index (Phi) is 5.20. The Morgan fingerprint density at radius 3 is 2.27 bits per heavy atom. The van der Waals surface area contributed by atoms with E-state index in [9.17, 15) is 29.3 Å². The van der Waals surface area contributed by atoms with Crippen LogP contribution in [0.2, 0.25) is 0 Å². The number of anilines is 1. The molecule has 1 fully saturated rings. The third-order valence-electron chi connectivity index (χ3n) is 4.69. The first-order chi connectivity index (χ1) is 14.1. The number of hydrogen-bond donors (Lipinski definition) is 3. The normalized spacial score (nSPS) is 18.1. The molecule has 1 aliphatic rings. The van der Waals surface area contributed by atoms with E-state index in [1.807, 2.05) is 0 Å². The molecule has 1 saturated heterocycles. The molecule has 0 radical (unpaired) electrons. The van der Waals surface area contributed by atoms with Crippen LogP contribution in [0.5, 0.6) is 0 Å². The van der Waals surface area contributed by atoms with Crippen molar-refractivity contribution < 1.29 is 24.1 Å². The minimum Gasteiger partial charge on any atom is -0.366 e. The Bertz CT molecular complexity index is 1050. The predicted molar refractivity (Wildman–Crippen MR) is 104 cm³/mol. The summed E-state index contributed by atoms with van der Waals surface area (Å²) >= 11 is 0. The van der Waals surface area contributed by atoms with E-state index in [0.717, 1.165) is 4.90 Å². The molecule has 11 heteroatoms. The van der Waals surface area contributed by atoms with Gasteiger partial charge in [0, 0.05) is 23.4 Å². The number of urea groups is 1. The van der Waals surface area contributed by atoms with E-state index < -0.39 is 40.8 Å². The van der Waals surface area contributed by atoms with Gasteiger partial charge in [-0.25, -0.2) is 4.79 Å². The number of nitrogens with one attached hydrogen (secondary N) is 2. The first kappa shape index (κ1) is 20.5. The molecule has 4 N–H and O–H groups in total. The van der Waals surface area contributed by atoms with Crippen LogP contribution in [0.1, 0.15) is 22.8 Å². The number of carbonyl (C=O) groups excluding carboxylic acids is 4. The van der Waals surface area contributed by atoms with Crippen molar-refractivity contribution in [2.45, 2.75) is 12.5 Å². The van der Waals surface area contributed by atoms with Crippen molar-refractivity contribution in [1.29, 1.82) is 0 Å². The second-order valence-corrected chi connectivity index (χ2v) is 6.74. The summed E-state index contributed by atoms with van der Waals surface area (Å²) in [6.07, 6.45) is 0. The number of primary amides is 1. The van der Waals surface area contributed by atoms with Gasteiger partial charge in [-0.15, -0.1) is 0 Å². The van der Waals surface area contributed by atoms with Crippen LogP contribution in [0, 0.1) is 10.1 Å². The van der Waals surface area contributed by atoms with Crippen LogP contribution in [-0.2, 0) is 15.1 Å². The SMILES string of the molecule is C[C@]1(c2ccc([N+](=O)[O-])cc2)NC(=O)N(CC(=O)Nc2ccc(C(N)=O)cc2)C1=O. The molecule has 0 aromatic heterocycles. The Labute approximate surface area is 170 Å². The van der Waals surface area contributed by atoms with Gasteiger partial charge in [0.05, 0.1) is 4.92 Å². The molecular weight excluding hydrogens is 394 g/mol. The van der Waals surface area contributed by atoms with Crippen LogP contribution >= 0.6 is 0 Å². The lowest BCUT2D eigenvalue weighted by Gasteiger charge is -2.22. The fourth-order valence-corrected chi connectivity index (χ4v) is 3.01. The molecule has 0 unspecified atom stereocenters. The average Bonchev–Trinajstić information content (AvgIpc) is 2.92. The Morgan fingerprint density at radius 1 is 1.13 bits per heavy atom. The molecule has 2 aromatic rings. The third kappa shape index (κ3) is 3.81. The van der Waals surface area contributed by atoms with Crippen LogP contribution in [0.4, 0.5) is 16.2 Å². The molecule has 1 aliphatic heterocycles. The van der Waals surface area contributed by atoms with Gasteiger partial charge in [-0.3, -0.25) is 29.4 Å². The maximum Gasteiger partial charge on any atom is 0.325 e. The van der Waals surface area contributed by atoms with Crippen molar-refractivity contribution in [2.75, 3.05) is 11.9 Å². The van der Waals surface area contributed by atoms with Gasteiger partial charge in [-0.1, -0.05) is 0 Å². The Morgan fingerprint density at radius 2 is 1.73 bits per heavy atom. The zero-order chi connectivity index (χ0) is 22.1. The fraction of sp³-hybridized carbons (Fsp3) is 0.158. The van der Waals surface area contributed by atoms with E-state index in [1.165, 1.54) is 55.5 Å². The highest BCUT2D eigenvalue weighted by Crippen LogP contribution is 2.30. The second-order valence-electron chi connectivity index (χ2n) is 6.74. The first-order valence-electron chi connectivity index (χ1n) is 8.70. The van der Waals surface area contributed by atoms with Gasteiger partial charge in [-0.05, 0) is 48.9 Å². The van der Waals surface area contributed by atoms with E-state index in [4.69, 9.17) is 5.73 Å². The van der Waals surface area contributed by atoms with Gasteiger partial charge >= 0.3 is 6.03 Å². The summed E-state index contributed by atoms with van der Waals surface area (Å²) in [6, 6.07) is 10.2. The van der Waals surface area contributed by atoms with Gasteiger partial charge in [0.25, 0.3) is 11.6 Å². The first-order valence-corrected chi connectivity index (χ1v) is 8.70. The minimum absolute atomic E-state index is 0.155. The predicted octanol–water partition coefficient (Wildman–Crippen LogP) is 1.10. The standard InChI is InChI=1S/C19H17N5O6/c1-19(12-4-8-14(9-5-12)24(29)30)17(27)23(18(28)22-19)10-15(25)21-13-6-2-11(3-7-13)16(20)26/h2-9H,10H2,1H3,(H2,20,26)(H,21,25)(H,22,28)/t19-/m1/s1. The number of carbonyl (C=O) groups is 4. The van der Waals surface area contributed by atoms with Crippen LogP contribution in [0.3, 0.4) is 0 Å². The van der Waals surface area contributed by atoms with E-state index >= 15 is 0 Å². The van der Waals surface area contributed by atoms with Gasteiger partial charge in [0.1, 0.15) is 12.1 Å². The van der Waals surface area contributed by atoms with Crippen molar-refractivity contribution >= 4 is 35.1 Å². The molecule has 30 heavy (non-hydrogen) atoms. The highest BCUT2D eigenvalue weighted by Gasteiger charge is 2.49. The Balaban J connectivity index is 1.71. The van der Waals surface area contributed by atoms with Crippen LogP contribution in [0.15, 0.2) is 48.5 Å². The van der Waals surface area contributed by atoms with Crippen molar-refractivity contribution in [3.05, 3.63) is 69.8 Å². The number of hydrogen-bond acceptors (Lipinski definition) is 6. The molecule has 0 spiro atoms. The molecule has 1 heterocycles. The number of nitrogens with zero attached hydrogens (tertiary/aromatic N) is 2. The Hall–Kier alpha value is -4.28. The summed E-state index contributed by atoms with van der Waals surface area (Å²) in [4.78, 5) is 59.5. The zero-order valence-electron chi connectivity index (χ0n) is 15.7. The lowest BCUT2D eigenvalue weighted by atomic mass is 9.92. The van der Waals surface area contributed by atoms with Gasteiger partial charge in [-0.2, -0.15) is 0 Å². The molecule has 2 aromatic carbocycles. The number of nitrogens with two attached hydrogens (primary N) is 1. The maximum absolute atomic E-state index is 12.8. The third-order valence-corrected chi connectivity index (χ3v) is 4.69. The monoisotopic (exact) mass is 411 g/mol. The summed E-state index contributed by atoms with van der Waals surface area (Å²) in [6.45, 7) is 0.916. The number of non-ortho nitro benzene ring substituents is 1. The second kappa shape index (κ2) is 7.62. The van der Waals surface area contributed by atoms with E-state index in [0.29, 0.717) is 11.3 Å². The molecule has 0 aliphatic carbocycles. The summed E-state index contributed by atoms with van der Waals surface area (Å²) < 4.78 is 0. The van der Waals surface area contributed by atoms with Gasteiger partial charge in [0.15, 0.2) is 0 Å². The number of benzene rings is 2. The summed E-state index contributed by atoms with van der Waals surface area (Å²) in [5, 5.41) is 15.8. The summed E-state index contributed by atoms with van der Waals surface area (Å²) in [5.74, 6) is -1.91. The molecule has 0 bridgehead atoms. The minimum atomic E-state index is -1.46. The van der Waals surface area contributed by atoms with Gasteiger partial charge in [0.2, 0.25) is 11.8 Å². The quantitative estimate of drug-likeness (QED) is 0.366. The van der Waals surface area contributed by atoms with Crippen LogP contribution < -0.4 is 16.4 Å². The van der Waals surface area contributed by atoms with E-state index in [-0.39, 0.29) is 11.3 Å². The molecule has 0 saturated carbocycles. The number of nitro groups is 1. The number of amides is 5. The van der Waals surface area contributed by atoms with E-state index in [2.05, 4.69) is 10.6 Å². The van der Waals surface area contributed by atoms with Crippen LogP contribution in [0.25, 0.3) is 0 Å². The highest BCUT2D eigenvalue weighted by molar-refractivity contribution is 6.10. The molecule has 1 atom stereocenters. The number of nitro benzene ring substituents is 1. The van der Waals surface area contributed by atoms with Crippen molar-refractivity contribution in [2.24, 2.45) is 5.73 Å². The molecule has 154 valence electrons. The summed E-state index contributed by atoms with van der Waals surface area (Å²) in [7, 11) is 0. The van der Waals surface area contributed by atoms with Crippen molar-refractivity contribution in [3.8, 4) is 0 Å². The molecule has 3 rings (SSSR count). The molecular formula is C19H17N5O6. The fourth-order valence-electron chi connectivity index (χ4n) is 3.01. The lowest BCUT2D eigenvalue weighted by molar-refractivity contribution is -0.384. The molecule has 5 amide bonds. The van der Waals surface area contributed by atoms with Crippen LogP contribution in [-0.4, -0.2) is 40.1 Å². The topological polar surface area (TPSA) is 165 Å². The lowest BCUT2D eigenvalue weighted by Crippen LogP contribution is -2.42. The van der Waals surface area contributed by atoms with Crippen molar-refractivity contribution in [1.82, 2.24) is 10.2 Å². The number of rotatable bonds is 6. The smallest absolute Gasteiger partial charge is 0.325 e. The van der Waals surface area contributed by atoms with Gasteiger partial charge < -0.3 is 16.4 Å². The van der Waals surface area contributed by atoms with E-state index in [1.54, 1.807) is 0 Å². The summed E-state index contributed by atoms with van der Waals surface area (Å²) in [5.41, 5.74) is 4.50. The number of imide groups is 1. The average molecular weight is 411 g/mol. The van der Waals surface area contributed by atoms with Crippen molar-refractivity contribution in [3.63, 3.8) is 0 Å². The largest absolute Gasteiger partial charge is 0.366 e.